The molecule has 3 nitrogen and oxygen atoms in total. The monoisotopic (exact) mass is 415 g/mol. The summed E-state index contributed by atoms with van der Waals surface area (Å²) < 4.78 is 92.6. The van der Waals surface area contributed by atoms with Crippen LogP contribution in [0.25, 0.3) is 0 Å². The minimum Gasteiger partial charge on any atom is -0.279 e. The average molecular weight is 416 g/mol. The number of halogens is 6. The van der Waals surface area contributed by atoms with Crippen LogP contribution in [-0.2, 0) is 10.0 Å². The highest BCUT2D eigenvalue weighted by molar-refractivity contribution is 9.10. The van der Waals surface area contributed by atoms with Crippen molar-refractivity contribution in [2.75, 3.05) is 4.72 Å². The van der Waals surface area contributed by atoms with Gasteiger partial charge in [0.05, 0.1) is 0 Å². The molecular weight excluding hydrogens is 409 g/mol. The molecule has 0 saturated carbocycles. The van der Waals surface area contributed by atoms with Gasteiger partial charge in [-0.25, -0.2) is 30.4 Å². The summed E-state index contributed by atoms with van der Waals surface area (Å²) in [5.74, 6) is -12.0. The average Bonchev–Trinajstić information content (AvgIpc) is 2.46. The molecular formula is C13H7BrF5NO2S. The van der Waals surface area contributed by atoms with Crippen molar-refractivity contribution in [1.29, 1.82) is 0 Å². The lowest BCUT2D eigenvalue weighted by molar-refractivity contribution is 0.358. The molecule has 0 aromatic heterocycles. The summed E-state index contributed by atoms with van der Waals surface area (Å²) in [7, 11) is -5.03. The number of hydrogen-bond acceptors (Lipinski definition) is 2. The number of nitrogens with one attached hydrogen (secondary N) is 1. The molecule has 0 saturated heterocycles. The first-order valence-corrected chi connectivity index (χ1v) is 8.14. The van der Waals surface area contributed by atoms with Crippen LogP contribution < -0.4 is 4.72 Å². The number of rotatable bonds is 3. The van der Waals surface area contributed by atoms with E-state index in [9.17, 15) is 30.4 Å². The Bertz CT molecular complexity index is 873. The summed E-state index contributed by atoms with van der Waals surface area (Å²) in [5, 5.41) is 0. The maximum absolute atomic E-state index is 13.6. The molecule has 0 fully saturated rings. The van der Waals surface area contributed by atoms with Crippen molar-refractivity contribution in [3.05, 3.63) is 57.3 Å². The molecule has 0 spiro atoms. The largest absolute Gasteiger partial charge is 0.279 e. The van der Waals surface area contributed by atoms with Crippen LogP contribution in [0.4, 0.5) is 27.6 Å². The smallest absolute Gasteiger partial charge is 0.267 e. The highest BCUT2D eigenvalue weighted by atomic mass is 79.9. The maximum Gasteiger partial charge on any atom is 0.267 e. The summed E-state index contributed by atoms with van der Waals surface area (Å²) in [4.78, 5) is -1.94. The van der Waals surface area contributed by atoms with Crippen molar-refractivity contribution in [3.63, 3.8) is 0 Å². The number of anilines is 1. The normalized spacial score (nSPS) is 11.6. The Balaban J connectivity index is 2.58. The van der Waals surface area contributed by atoms with Crippen LogP contribution in [-0.4, -0.2) is 8.42 Å². The van der Waals surface area contributed by atoms with Gasteiger partial charge in [-0.3, -0.25) is 4.72 Å². The highest BCUT2D eigenvalue weighted by Gasteiger charge is 2.33. The zero-order valence-electron chi connectivity index (χ0n) is 11.2. The molecule has 0 aliphatic heterocycles. The summed E-state index contributed by atoms with van der Waals surface area (Å²) in [6, 6.07) is 4.03. The lowest BCUT2D eigenvalue weighted by Gasteiger charge is -2.12. The first-order chi connectivity index (χ1) is 10.6. The van der Waals surface area contributed by atoms with Crippen LogP contribution in [0.1, 0.15) is 5.56 Å². The van der Waals surface area contributed by atoms with Gasteiger partial charge >= 0.3 is 0 Å². The van der Waals surface area contributed by atoms with Crippen LogP contribution >= 0.6 is 15.9 Å². The van der Waals surface area contributed by atoms with E-state index in [1.54, 1.807) is 11.6 Å². The summed E-state index contributed by atoms with van der Waals surface area (Å²) in [5.41, 5.74) is 0.621. The second-order valence-corrected chi connectivity index (χ2v) is 6.94. The van der Waals surface area contributed by atoms with Gasteiger partial charge in [0, 0.05) is 10.2 Å². The van der Waals surface area contributed by atoms with Gasteiger partial charge in [0.1, 0.15) is 0 Å². The van der Waals surface area contributed by atoms with Crippen LogP contribution in [0.2, 0.25) is 0 Å². The Morgan fingerprint density at radius 1 is 0.913 bits per heavy atom. The molecule has 0 aliphatic rings. The van der Waals surface area contributed by atoms with E-state index in [1.807, 2.05) is 0 Å². The van der Waals surface area contributed by atoms with Gasteiger partial charge in [-0.05, 0) is 24.6 Å². The lowest BCUT2D eigenvalue weighted by Crippen LogP contribution is -2.19. The Morgan fingerprint density at radius 3 is 1.87 bits per heavy atom. The molecule has 2 aromatic carbocycles. The van der Waals surface area contributed by atoms with Crippen LogP contribution in [0.5, 0.6) is 0 Å². The molecule has 23 heavy (non-hydrogen) atoms. The van der Waals surface area contributed by atoms with Gasteiger partial charge in [-0.2, -0.15) is 0 Å². The Kier molecular flexibility index (Phi) is 4.67. The van der Waals surface area contributed by atoms with Gasteiger partial charge in [-0.1, -0.05) is 22.0 Å². The first-order valence-electron chi connectivity index (χ1n) is 5.86. The summed E-state index contributed by atoms with van der Waals surface area (Å²) in [6.45, 7) is 1.70. The Hall–Kier alpha value is -1.68. The molecule has 1 N–H and O–H groups in total. The van der Waals surface area contributed by atoms with Crippen LogP contribution in [0.3, 0.4) is 0 Å². The third-order valence-electron chi connectivity index (χ3n) is 2.86. The summed E-state index contributed by atoms with van der Waals surface area (Å²) in [6.07, 6.45) is 0. The molecule has 0 bridgehead atoms. The van der Waals surface area contributed by atoms with E-state index < -0.39 is 44.0 Å². The lowest BCUT2D eigenvalue weighted by atomic mass is 10.2. The van der Waals surface area contributed by atoms with Crippen LogP contribution in [0.15, 0.2) is 27.6 Å². The molecule has 124 valence electrons. The van der Waals surface area contributed by atoms with Crippen molar-refractivity contribution in [2.24, 2.45) is 0 Å². The second-order valence-electron chi connectivity index (χ2n) is 4.47. The molecule has 0 unspecified atom stereocenters. The third kappa shape index (κ3) is 3.18. The fraction of sp³-hybridized carbons (Fsp3) is 0.0769. The Morgan fingerprint density at radius 2 is 1.39 bits per heavy atom. The van der Waals surface area contributed by atoms with Crippen molar-refractivity contribution in [2.45, 2.75) is 11.8 Å². The van der Waals surface area contributed by atoms with E-state index >= 15 is 0 Å². The van der Waals surface area contributed by atoms with Gasteiger partial charge in [0.15, 0.2) is 28.2 Å². The van der Waals surface area contributed by atoms with Crippen molar-refractivity contribution < 1.29 is 30.4 Å². The zero-order valence-corrected chi connectivity index (χ0v) is 13.6. The van der Waals surface area contributed by atoms with Gasteiger partial charge in [0.2, 0.25) is 5.82 Å². The zero-order chi connectivity index (χ0) is 17.5. The topological polar surface area (TPSA) is 46.2 Å². The summed E-state index contributed by atoms with van der Waals surface area (Å²) >= 11 is 3.12. The molecule has 0 amide bonds. The minimum absolute atomic E-state index is 0.119. The van der Waals surface area contributed by atoms with E-state index in [0.29, 0.717) is 4.47 Å². The van der Waals surface area contributed by atoms with E-state index in [2.05, 4.69) is 15.9 Å². The third-order valence-corrected chi connectivity index (χ3v) is 5.12. The van der Waals surface area contributed by atoms with Gasteiger partial charge < -0.3 is 0 Å². The molecule has 2 rings (SSSR count). The van der Waals surface area contributed by atoms with E-state index in [-0.39, 0.29) is 5.69 Å². The molecule has 10 heteroatoms. The van der Waals surface area contributed by atoms with Crippen molar-refractivity contribution in [1.82, 2.24) is 0 Å². The number of aryl methyl sites for hydroxylation is 1. The number of sulfonamides is 1. The second kappa shape index (κ2) is 6.08. The van der Waals surface area contributed by atoms with Gasteiger partial charge in [-0.15, -0.1) is 0 Å². The van der Waals surface area contributed by atoms with Crippen molar-refractivity contribution in [3.8, 4) is 0 Å². The van der Waals surface area contributed by atoms with E-state index in [0.717, 1.165) is 5.56 Å². The predicted molar refractivity (Wildman–Crippen MR) is 75.9 cm³/mol. The number of hydrogen-bond donors (Lipinski definition) is 1. The molecule has 0 aliphatic carbocycles. The predicted octanol–water partition coefficient (Wildman–Crippen LogP) is 4.25. The molecule has 0 heterocycles. The van der Waals surface area contributed by atoms with Crippen molar-refractivity contribution >= 4 is 31.6 Å². The fourth-order valence-electron chi connectivity index (χ4n) is 1.68. The Labute approximate surface area is 136 Å². The quantitative estimate of drug-likeness (QED) is 0.462. The van der Waals surface area contributed by atoms with E-state index in [4.69, 9.17) is 0 Å². The molecule has 0 radical (unpaired) electrons. The SMILES string of the molecule is Cc1ccc(NS(=O)(=O)c2c(F)c(F)c(F)c(F)c2F)cc1Br. The maximum atomic E-state index is 13.6. The number of benzene rings is 2. The standard InChI is InChI=1S/C13H7BrF5NO2S/c1-5-2-3-6(4-7(5)14)20-23(21,22)13-11(18)9(16)8(15)10(17)12(13)19/h2-4,20H,1H3. The van der Waals surface area contributed by atoms with E-state index in [1.165, 1.54) is 18.2 Å². The fourth-order valence-corrected chi connectivity index (χ4v) is 3.25. The minimum atomic E-state index is -5.03. The van der Waals surface area contributed by atoms with Gasteiger partial charge in [0.25, 0.3) is 10.0 Å². The first kappa shape index (κ1) is 17.7. The molecule has 2 aromatic rings. The molecule has 0 atom stereocenters. The highest BCUT2D eigenvalue weighted by Crippen LogP contribution is 2.29. The van der Waals surface area contributed by atoms with Crippen LogP contribution in [0, 0.1) is 36.0 Å².